The third kappa shape index (κ3) is 4.28. The van der Waals surface area contributed by atoms with Gasteiger partial charge in [-0.05, 0) is 31.2 Å². The molecule has 1 heterocycles. The molecule has 2 N–H and O–H groups in total. The summed E-state index contributed by atoms with van der Waals surface area (Å²) in [6.07, 6.45) is 1.73. The van der Waals surface area contributed by atoms with Crippen LogP contribution in [0.4, 0.5) is 11.4 Å². The summed E-state index contributed by atoms with van der Waals surface area (Å²) in [5.74, 6) is -1.12. The highest BCUT2D eigenvalue weighted by Gasteiger charge is 2.35. The molecule has 0 aliphatic carbocycles. The zero-order valence-corrected chi connectivity index (χ0v) is 15.8. The Morgan fingerprint density at radius 2 is 1.89 bits per heavy atom. The standard InChI is InChI=1S/C22H23N3O3/c1-3-12-23-22(28)18-6-4-5-7-19(18)24-21(27)16-13-20(26)25(14-16)17-10-8-15(2)9-11-17/h3-11,16H,1,12-14H2,2H3,(H,23,28)(H,24,27). The molecule has 3 amide bonds. The van der Waals surface area contributed by atoms with Crippen LogP contribution >= 0.6 is 0 Å². The van der Waals surface area contributed by atoms with Crippen molar-refractivity contribution in [2.45, 2.75) is 13.3 Å². The van der Waals surface area contributed by atoms with Gasteiger partial charge in [-0.25, -0.2) is 0 Å². The van der Waals surface area contributed by atoms with E-state index in [1.165, 1.54) is 0 Å². The van der Waals surface area contributed by atoms with Crippen molar-refractivity contribution >= 4 is 29.1 Å². The first-order chi connectivity index (χ1) is 13.5. The van der Waals surface area contributed by atoms with Crippen LogP contribution in [0.15, 0.2) is 61.2 Å². The number of nitrogens with zero attached hydrogens (tertiary/aromatic N) is 1. The van der Waals surface area contributed by atoms with E-state index >= 15 is 0 Å². The molecule has 1 unspecified atom stereocenters. The molecule has 0 spiro atoms. The van der Waals surface area contributed by atoms with Crippen LogP contribution in [-0.4, -0.2) is 30.8 Å². The molecule has 0 saturated carbocycles. The van der Waals surface area contributed by atoms with Gasteiger partial charge in [-0.3, -0.25) is 14.4 Å². The SMILES string of the molecule is C=CCNC(=O)c1ccccc1NC(=O)C1CC(=O)N(c2ccc(C)cc2)C1. The summed E-state index contributed by atoms with van der Waals surface area (Å²) in [5, 5.41) is 5.51. The average Bonchev–Trinajstić information content (AvgIpc) is 3.09. The largest absolute Gasteiger partial charge is 0.349 e. The van der Waals surface area contributed by atoms with Gasteiger partial charge < -0.3 is 15.5 Å². The number of benzene rings is 2. The minimum absolute atomic E-state index is 0.0824. The Kier molecular flexibility index (Phi) is 5.89. The van der Waals surface area contributed by atoms with Gasteiger partial charge in [-0.15, -0.1) is 6.58 Å². The van der Waals surface area contributed by atoms with Gasteiger partial charge in [0, 0.05) is 25.2 Å². The first-order valence-corrected chi connectivity index (χ1v) is 9.15. The highest BCUT2D eigenvalue weighted by Crippen LogP contribution is 2.27. The number of hydrogen-bond donors (Lipinski definition) is 2. The minimum atomic E-state index is -0.474. The number of anilines is 2. The summed E-state index contributed by atoms with van der Waals surface area (Å²) >= 11 is 0. The molecule has 0 aromatic heterocycles. The van der Waals surface area contributed by atoms with E-state index in [2.05, 4.69) is 17.2 Å². The molecule has 1 saturated heterocycles. The van der Waals surface area contributed by atoms with Crippen LogP contribution in [0, 0.1) is 12.8 Å². The highest BCUT2D eigenvalue weighted by atomic mass is 16.2. The first-order valence-electron chi connectivity index (χ1n) is 9.15. The Bertz CT molecular complexity index is 905. The van der Waals surface area contributed by atoms with Crippen LogP contribution in [0.1, 0.15) is 22.3 Å². The predicted octanol–water partition coefficient (Wildman–Crippen LogP) is 2.90. The fraction of sp³-hybridized carbons (Fsp3) is 0.227. The molecule has 6 heteroatoms. The van der Waals surface area contributed by atoms with E-state index in [1.807, 2.05) is 31.2 Å². The molecular weight excluding hydrogens is 354 g/mol. The Morgan fingerprint density at radius 1 is 1.18 bits per heavy atom. The number of hydrogen-bond acceptors (Lipinski definition) is 3. The van der Waals surface area contributed by atoms with Gasteiger partial charge in [0.15, 0.2) is 0 Å². The molecule has 144 valence electrons. The van der Waals surface area contributed by atoms with Crippen LogP contribution in [0.5, 0.6) is 0 Å². The number of nitrogens with one attached hydrogen (secondary N) is 2. The van der Waals surface area contributed by atoms with E-state index in [9.17, 15) is 14.4 Å². The summed E-state index contributed by atoms with van der Waals surface area (Å²) < 4.78 is 0. The number of carbonyl (C=O) groups is 3. The summed E-state index contributed by atoms with van der Waals surface area (Å²) in [4.78, 5) is 39.0. The number of aryl methyl sites for hydroxylation is 1. The number of rotatable bonds is 6. The summed E-state index contributed by atoms with van der Waals surface area (Å²) in [5.41, 5.74) is 2.69. The molecular formula is C22H23N3O3. The van der Waals surface area contributed by atoms with Crippen molar-refractivity contribution in [3.63, 3.8) is 0 Å². The summed E-state index contributed by atoms with van der Waals surface area (Å²) in [6.45, 7) is 6.21. The van der Waals surface area contributed by atoms with Crippen LogP contribution in [-0.2, 0) is 9.59 Å². The fourth-order valence-electron chi connectivity index (χ4n) is 3.14. The van der Waals surface area contributed by atoms with Gasteiger partial charge in [0.25, 0.3) is 5.91 Å². The second-order valence-corrected chi connectivity index (χ2v) is 6.77. The van der Waals surface area contributed by atoms with Crippen LogP contribution in [0.2, 0.25) is 0 Å². The molecule has 3 rings (SSSR count). The van der Waals surface area contributed by atoms with Gasteiger partial charge in [-0.2, -0.15) is 0 Å². The lowest BCUT2D eigenvalue weighted by atomic mass is 10.1. The molecule has 0 radical (unpaired) electrons. The second-order valence-electron chi connectivity index (χ2n) is 6.77. The Balaban J connectivity index is 1.70. The first kappa shape index (κ1) is 19.4. The molecule has 1 atom stereocenters. The molecule has 28 heavy (non-hydrogen) atoms. The molecule has 2 aromatic carbocycles. The highest BCUT2D eigenvalue weighted by molar-refractivity contribution is 6.07. The van der Waals surface area contributed by atoms with Gasteiger partial charge >= 0.3 is 0 Å². The lowest BCUT2D eigenvalue weighted by molar-refractivity contribution is -0.122. The Labute approximate surface area is 164 Å². The average molecular weight is 377 g/mol. The minimum Gasteiger partial charge on any atom is -0.349 e. The van der Waals surface area contributed by atoms with Crippen LogP contribution in [0.3, 0.4) is 0 Å². The maximum atomic E-state index is 12.7. The van der Waals surface area contributed by atoms with Crippen molar-refractivity contribution in [1.82, 2.24) is 5.32 Å². The van der Waals surface area contributed by atoms with E-state index in [4.69, 9.17) is 0 Å². The predicted molar refractivity (Wildman–Crippen MR) is 109 cm³/mol. The monoisotopic (exact) mass is 377 g/mol. The van der Waals surface area contributed by atoms with Gasteiger partial charge in [0.1, 0.15) is 0 Å². The van der Waals surface area contributed by atoms with E-state index in [0.717, 1.165) is 11.3 Å². The van der Waals surface area contributed by atoms with Crippen LogP contribution < -0.4 is 15.5 Å². The third-order valence-corrected chi connectivity index (χ3v) is 4.68. The summed E-state index contributed by atoms with van der Waals surface area (Å²) in [6, 6.07) is 14.4. The lowest BCUT2D eigenvalue weighted by Crippen LogP contribution is -2.29. The van der Waals surface area contributed by atoms with Crippen molar-refractivity contribution in [3.8, 4) is 0 Å². The Morgan fingerprint density at radius 3 is 2.61 bits per heavy atom. The lowest BCUT2D eigenvalue weighted by Gasteiger charge is -2.17. The molecule has 6 nitrogen and oxygen atoms in total. The van der Waals surface area contributed by atoms with E-state index in [-0.39, 0.29) is 24.1 Å². The molecule has 0 bridgehead atoms. The van der Waals surface area contributed by atoms with E-state index in [0.29, 0.717) is 24.3 Å². The Hall–Kier alpha value is -3.41. The van der Waals surface area contributed by atoms with Crippen molar-refractivity contribution < 1.29 is 14.4 Å². The maximum absolute atomic E-state index is 12.7. The van der Waals surface area contributed by atoms with E-state index < -0.39 is 5.92 Å². The topological polar surface area (TPSA) is 78.5 Å². The van der Waals surface area contributed by atoms with Crippen molar-refractivity contribution in [2.75, 3.05) is 23.3 Å². The molecule has 1 fully saturated rings. The van der Waals surface area contributed by atoms with Crippen LogP contribution in [0.25, 0.3) is 0 Å². The quantitative estimate of drug-likeness (QED) is 0.760. The smallest absolute Gasteiger partial charge is 0.253 e. The number of para-hydroxylation sites is 1. The molecule has 1 aliphatic rings. The fourth-order valence-corrected chi connectivity index (χ4v) is 3.14. The third-order valence-electron chi connectivity index (χ3n) is 4.68. The van der Waals surface area contributed by atoms with E-state index in [1.54, 1.807) is 35.2 Å². The maximum Gasteiger partial charge on any atom is 0.253 e. The van der Waals surface area contributed by atoms with Crippen molar-refractivity contribution in [2.24, 2.45) is 5.92 Å². The van der Waals surface area contributed by atoms with Gasteiger partial charge in [-0.1, -0.05) is 35.9 Å². The van der Waals surface area contributed by atoms with Gasteiger partial charge in [0.05, 0.1) is 17.2 Å². The van der Waals surface area contributed by atoms with Crippen molar-refractivity contribution in [1.29, 1.82) is 0 Å². The number of amides is 3. The van der Waals surface area contributed by atoms with Gasteiger partial charge in [0.2, 0.25) is 11.8 Å². The number of carbonyl (C=O) groups excluding carboxylic acids is 3. The second kappa shape index (κ2) is 8.52. The van der Waals surface area contributed by atoms with Crippen molar-refractivity contribution in [3.05, 3.63) is 72.3 Å². The summed E-state index contributed by atoms with van der Waals surface area (Å²) in [7, 11) is 0. The molecule has 2 aromatic rings. The zero-order valence-electron chi connectivity index (χ0n) is 15.8. The molecule has 1 aliphatic heterocycles. The normalized spacial score (nSPS) is 16.0. The zero-order chi connectivity index (χ0) is 20.1.